The van der Waals surface area contributed by atoms with E-state index in [0.717, 1.165) is 38.2 Å². The van der Waals surface area contributed by atoms with Crippen molar-refractivity contribution in [3.05, 3.63) is 53.6 Å². The zero-order chi connectivity index (χ0) is 20.0. The molecule has 2 aliphatic heterocycles. The van der Waals surface area contributed by atoms with Crippen LogP contribution in [-0.2, 0) is 16.0 Å². The van der Waals surface area contributed by atoms with Crippen LogP contribution in [0.15, 0.2) is 42.5 Å². The van der Waals surface area contributed by atoms with Gasteiger partial charge in [-0.2, -0.15) is 0 Å². The van der Waals surface area contributed by atoms with Crippen LogP contribution in [0.2, 0.25) is 0 Å². The first-order valence-electron chi connectivity index (χ1n) is 10.6. The molecule has 2 aromatic carbocycles. The number of nitrogens with one attached hydrogen (secondary N) is 1. The van der Waals surface area contributed by atoms with Crippen molar-refractivity contribution in [2.45, 2.75) is 19.3 Å². The maximum atomic E-state index is 13.0. The molecular weight excluding hydrogens is 362 g/mol. The van der Waals surface area contributed by atoms with Crippen LogP contribution < -0.4 is 10.2 Å². The Hall–Kier alpha value is -2.66. The zero-order valence-electron chi connectivity index (χ0n) is 16.9. The molecule has 0 bridgehead atoms. The van der Waals surface area contributed by atoms with Gasteiger partial charge in [-0.05, 0) is 66.7 Å². The van der Waals surface area contributed by atoms with Gasteiger partial charge in [0.15, 0.2) is 0 Å². The van der Waals surface area contributed by atoms with Crippen LogP contribution in [0.1, 0.15) is 24.0 Å². The Labute approximate surface area is 171 Å². The van der Waals surface area contributed by atoms with Gasteiger partial charge in [-0.25, -0.2) is 0 Å². The van der Waals surface area contributed by atoms with Crippen molar-refractivity contribution in [2.24, 2.45) is 11.8 Å². The van der Waals surface area contributed by atoms with Crippen LogP contribution in [0.3, 0.4) is 0 Å². The number of carbonyl (C=O) groups is 2. The first-order chi connectivity index (χ1) is 14.1. The van der Waals surface area contributed by atoms with Gasteiger partial charge < -0.3 is 15.1 Å². The molecule has 2 atom stereocenters. The van der Waals surface area contributed by atoms with Crippen molar-refractivity contribution in [2.75, 3.05) is 38.1 Å². The number of carbonyl (C=O) groups excluding carboxylic acids is 2. The molecule has 2 heterocycles. The summed E-state index contributed by atoms with van der Waals surface area (Å²) in [5, 5.41) is 3.20. The summed E-state index contributed by atoms with van der Waals surface area (Å²) >= 11 is 0. The van der Waals surface area contributed by atoms with Crippen LogP contribution in [-0.4, -0.2) is 49.9 Å². The maximum Gasteiger partial charge on any atom is 0.228 e. The van der Waals surface area contributed by atoms with E-state index in [9.17, 15) is 9.59 Å². The third-order valence-electron chi connectivity index (χ3n) is 6.65. The molecule has 29 heavy (non-hydrogen) atoms. The molecule has 1 aliphatic carbocycles. The lowest BCUT2D eigenvalue weighted by molar-refractivity contribution is -0.134. The quantitative estimate of drug-likeness (QED) is 0.746. The minimum atomic E-state index is -0.221. The lowest BCUT2D eigenvalue weighted by Gasteiger charge is -2.21. The number of likely N-dealkylation sites (tertiary alicyclic amines) is 1. The summed E-state index contributed by atoms with van der Waals surface area (Å²) in [6, 6.07) is 14.8. The Morgan fingerprint density at radius 2 is 1.93 bits per heavy atom. The molecular formula is C24H27N3O2. The molecule has 5 rings (SSSR count). The molecule has 2 amide bonds. The molecule has 5 nitrogen and oxygen atoms in total. The van der Waals surface area contributed by atoms with Gasteiger partial charge >= 0.3 is 0 Å². The number of nitrogens with zero attached hydrogens (tertiary/aromatic N) is 2. The van der Waals surface area contributed by atoms with E-state index in [2.05, 4.69) is 41.7 Å². The van der Waals surface area contributed by atoms with Gasteiger partial charge in [0.1, 0.15) is 0 Å². The molecule has 2 aromatic rings. The molecule has 2 saturated heterocycles. The van der Waals surface area contributed by atoms with Gasteiger partial charge in [-0.1, -0.05) is 30.3 Å². The number of anilines is 1. The van der Waals surface area contributed by atoms with E-state index in [0.29, 0.717) is 18.9 Å². The van der Waals surface area contributed by atoms with E-state index in [1.807, 2.05) is 22.9 Å². The van der Waals surface area contributed by atoms with E-state index in [-0.39, 0.29) is 17.7 Å². The average Bonchev–Trinajstić information content (AvgIpc) is 3.44. The average molecular weight is 389 g/mol. The number of hydrogen-bond acceptors (Lipinski definition) is 3. The molecule has 2 unspecified atom stereocenters. The fraction of sp³-hybridized carbons (Fsp3) is 0.417. The van der Waals surface area contributed by atoms with E-state index in [1.165, 1.54) is 22.3 Å². The monoisotopic (exact) mass is 389 g/mol. The zero-order valence-corrected chi connectivity index (χ0v) is 16.9. The predicted molar refractivity (Wildman–Crippen MR) is 114 cm³/mol. The van der Waals surface area contributed by atoms with Crippen LogP contribution >= 0.6 is 0 Å². The fourth-order valence-corrected chi connectivity index (χ4v) is 5.17. The molecule has 0 spiro atoms. The van der Waals surface area contributed by atoms with E-state index < -0.39 is 0 Å². The smallest absolute Gasteiger partial charge is 0.228 e. The second-order valence-electron chi connectivity index (χ2n) is 8.58. The largest absolute Gasteiger partial charge is 0.342 e. The Balaban J connectivity index is 1.30. The Kier molecular flexibility index (Phi) is 4.63. The summed E-state index contributed by atoms with van der Waals surface area (Å²) < 4.78 is 0. The van der Waals surface area contributed by atoms with E-state index >= 15 is 0 Å². The second-order valence-corrected chi connectivity index (χ2v) is 8.58. The third-order valence-corrected chi connectivity index (χ3v) is 6.65. The topological polar surface area (TPSA) is 52.7 Å². The molecule has 5 heteroatoms. The lowest BCUT2D eigenvalue weighted by atomic mass is 10.1. The number of amides is 2. The maximum absolute atomic E-state index is 13.0. The van der Waals surface area contributed by atoms with E-state index in [4.69, 9.17) is 0 Å². The van der Waals surface area contributed by atoms with Gasteiger partial charge in [0.25, 0.3) is 0 Å². The molecule has 2 fully saturated rings. The number of hydrogen-bond donors (Lipinski definition) is 1. The highest BCUT2D eigenvalue weighted by Gasteiger charge is 2.39. The highest BCUT2D eigenvalue weighted by atomic mass is 16.2. The summed E-state index contributed by atoms with van der Waals surface area (Å²) in [7, 11) is 1.95. The van der Waals surface area contributed by atoms with Gasteiger partial charge in [-0.15, -0.1) is 0 Å². The summed E-state index contributed by atoms with van der Waals surface area (Å²) in [5.41, 5.74) is 6.08. The first kappa shape index (κ1) is 18.4. The van der Waals surface area contributed by atoms with Crippen molar-refractivity contribution < 1.29 is 9.59 Å². The highest BCUT2D eigenvalue weighted by Crippen LogP contribution is 2.39. The Morgan fingerprint density at radius 1 is 1.10 bits per heavy atom. The summed E-state index contributed by atoms with van der Waals surface area (Å²) in [6.07, 6.45) is 2.27. The Morgan fingerprint density at radius 3 is 2.79 bits per heavy atom. The van der Waals surface area contributed by atoms with Crippen LogP contribution in [0.5, 0.6) is 0 Å². The minimum Gasteiger partial charge on any atom is -0.342 e. The number of rotatable bonds is 4. The van der Waals surface area contributed by atoms with Crippen molar-refractivity contribution in [3.63, 3.8) is 0 Å². The van der Waals surface area contributed by atoms with Crippen LogP contribution in [0.25, 0.3) is 11.1 Å². The molecule has 0 aromatic heterocycles. The standard InChI is InChI=1S/C24H27N3O2/c1-25-13-16-8-9-26(14-16)24(29)19-12-23(28)27(15-19)20-6-7-22-18(11-20)10-17-4-2-3-5-21(17)22/h2-7,11,16,19,25H,8-10,12-15H2,1H3. The molecule has 1 N–H and O–H groups in total. The second kappa shape index (κ2) is 7.30. The van der Waals surface area contributed by atoms with Crippen molar-refractivity contribution in [3.8, 4) is 11.1 Å². The first-order valence-corrected chi connectivity index (χ1v) is 10.6. The van der Waals surface area contributed by atoms with Crippen molar-refractivity contribution in [1.82, 2.24) is 10.2 Å². The summed E-state index contributed by atoms with van der Waals surface area (Å²) in [5.74, 6) is 0.509. The number of fused-ring (bicyclic) bond motifs is 3. The van der Waals surface area contributed by atoms with Crippen molar-refractivity contribution in [1.29, 1.82) is 0 Å². The number of benzene rings is 2. The Bertz CT molecular complexity index is 970. The molecule has 0 saturated carbocycles. The fourth-order valence-electron chi connectivity index (χ4n) is 5.17. The highest BCUT2D eigenvalue weighted by molar-refractivity contribution is 6.00. The molecule has 3 aliphatic rings. The molecule has 150 valence electrons. The summed E-state index contributed by atoms with van der Waals surface area (Å²) in [6.45, 7) is 3.06. The van der Waals surface area contributed by atoms with Gasteiger partial charge in [0.2, 0.25) is 11.8 Å². The third kappa shape index (κ3) is 3.23. The molecule has 0 radical (unpaired) electrons. The van der Waals surface area contributed by atoms with Crippen LogP contribution in [0, 0.1) is 11.8 Å². The van der Waals surface area contributed by atoms with Gasteiger partial charge in [-0.3, -0.25) is 9.59 Å². The normalized spacial score (nSPS) is 22.9. The van der Waals surface area contributed by atoms with E-state index in [1.54, 1.807) is 0 Å². The lowest BCUT2D eigenvalue weighted by Crippen LogP contribution is -2.36. The SMILES string of the molecule is CNCC1CCN(C(=O)C2CC(=O)N(c3ccc4c(c3)Cc3ccccc3-4)C2)C1. The van der Waals surface area contributed by atoms with Gasteiger partial charge in [0, 0.05) is 31.7 Å². The van der Waals surface area contributed by atoms with Crippen LogP contribution in [0.4, 0.5) is 5.69 Å². The minimum absolute atomic E-state index is 0.0600. The predicted octanol–water partition coefficient (Wildman–Crippen LogP) is 2.68. The summed E-state index contributed by atoms with van der Waals surface area (Å²) in [4.78, 5) is 29.5. The van der Waals surface area contributed by atoms with Gasteiger partial charge in [0.05, 0.1) is 5.92 Å². The van der Waals surface area contributed by atoms with Crippen molar-refractivity contribution >= 4 is 17.5 Å².